The molecule has 0 unspecified atom stereocenters. The van der Waals surface area contributed by atoms with E-state index in [0.29, 0.717) is 45.2 Å². The van der Waals surface area contributed by atoms with Crippen molar-refractivity contribution in [3.63, 3.8) is 0 Å². The predicted octanol–water partition coefficient (Wildman–Crippen LogP) is 2.40. The third kappa shape index (κ3) is 6.00. The number of carbonyl (C=O) groups is 1. The van der Waals surface area contributed by atoms with Gasteiger partial charge in [0, 0.05) is 17.5 Å². The Morgan fingerprint density at radius 2 is 1.64 bits per heavy atom. The van der Waals surface area contributed by atoms with Crippen LogP contribution in [0.1, 0.15) is 25.0 Å². The van der Waals surface area contributed by atoms with Crippen LogP contribution >= 0.6 is 0 Å². The van der Waals surface area contributed by atoms with Crippen LogP contribution in [0.15, 0.2) is 61.2 Å². The molecule has 5 N–H and O–H groups in total. The zero-order valence-corrected chi connectivity index (χ0v) is 24.4. The van der Waals surface area contributed by atoms with Gasteiger partial charge in [-0.05, 0) is 55.5 Å². The lowest BCUT2D eigenvalue weighted by Crippen LogP contribution is -2.59. The Labute approximate surface area is 251 Å². The van der Waals surface area contributed by atoms with Gasteiger partial charge in [-0.25, -0.2) is 4.79 Å². The summed E-state index contributed by atoms with van der Waals surface area (Å²) in [5, 5.41) is 51.4. The molecule has 0 amide bonds. The van der Waals surface area contributed by atoms with Gasteiger partial charge >= 0.3 is 5.63 Å². The van der Waals surface area contributed by atoms with Crippen LogP contribution in [0.4, 0.5) is 0 Å². The van der Waals surface area contributed by atoms with Crippen molar-refractivity contribution in [2.45, 2.75) is 57.4 Å². The lowest BCUT2D eigenvalue weighted by molar-refractivity contribution is -0.299. The van der Waals surface area contributed by atoms with Gasteiger partial charge < -0.3 is 48.6 Å². The fourth-order valence-corrected chi connectivity index (χ4v) is 5.18. The highest BCUT2D eigenvalue weighted by Gasteiger charge is 2.44. The summed E-state index contributed by atoms with van der Waals surface area (Å²) >= 11 is 0. The number of aliphatic hydroxyl groups excluding tert-OH is 4. The Balaban J connectivity index is 1.44. The first kappa shape index (κ1) is 31.4. The topological polar surface area (TPSA) is 189 Å². The number of aromatic hydroxyl groups is 1. The van der Waals surface area contributed by atoms with Crippen molar-refractivity contribution in [2.24, 2.45) is 0 Å². The molecule has 1 aliphatic heterocycles. The molecule has 0 bridgehead atoms. The minimum Gasteiger partial charge on any atom is -0.508 e. The molecule has 1 aliphatic rings. The highest BCUT2D eigenvalue weighted by Crippen LogP contribution is 2.37. The van der Waals surface area contributed by atoms with E-state index in [1.165, 1.54) is 13.2 Å². The normalized spacial score (nSPS) is 23.1. The van der Waals surface area contributed by atoms with Gasteiger partial charge in [0.1, 0.15) is 58.8 Å². The number of benzene rings is 2. The van der Waals surface area contributed by atoms with Crippen molar-refractivity contribution in [3.8, 4) is 11.5 Å². The number of phenolic OH excluding ortho intramolecular Hbond substituents is 1. The van der Waals surface area contributed by atoms with Crippen LogP contribution in [-0.4, -0.2) is 82.8 Å². The number of ether oxygens (including phenoxy) is 3. The zero-order valence-electron chi connectivity index (χ0n) is 24.4. The molecule has 0 radical (unpaired) electrons. The van der Waals surface area contributed by atoms with E-state index in [1.54, 1.807) is 44.2 Å². The third-order valence-electron chi connectivity index (χ3n) is 7.75. The van der Waals surface area contributed by atoms with Crippen molar-refractivity contribution >= 4 is 39.2 Å². The van der Waals surface area contributed by atoms with Gasteiger partial charge in [-0.15, -0.1) is 0 Å². The van der Waals surface area contributed by atoms with Crippen LogP contribution in [0.5, 0.6) is 11.5 Å². The Morgan fingerprint density at radius 3 is 2.34 bits per heavy atom. The lowest BCUT2D eigenvalue weighted by Gasteiger charge is -2.39. The standard InChI is InChI=1S/C32H34O12/c1-15(12-33)4-7-18-9-19-24(11-22(18)40-3)42-30-20-8-17(21(35)10-23(20)43-31(39)26(19)30)6-5-16(2)14-41-32-29(38)28(37)27(36)25(13-34)44-32/h4-5,8-12,25,27-29,32,34-38H,6-7,13-14H2,1-3H3/b15-4-,16-5-/t25-,27-,28+,29-,32-/m1/s1. The number of aliphatic hydroxyl groups is 4. The number of fused-ring (bicyclic) bond motifs is 5. The quantitative estimate of drug-likeness (QED) is 0.0764. The van der Waals surface area contributed by atoms with E-state index in [9.17, 15) is 35.1 Å². The molecule has 0 saturated carbocycles. The first-order valence-electron chi connectivity index (χ1n) is 14.0. The van der Waals surface area contributed by atoms with Crippen LogP contribution in [0.3, 0.4) is 0 Å². The number of methoxy groups -OCH3 is 1. The number of phenols is 1. The maximum atomic E-state index is 13.1. The number of aldehydes is 1. The molecule has 1 saturated heterocycles. The molecule has 234 valence electrons. The van der Waals surface area contributed by atoms with E-state index >= 15 is 0 Å². The number of carbonyl (C=O) groups excluding carboxylic acids is 1. The largest absolute Gasteiger partial charge is 0.508 e. The van der Waals surface area contributed by atoms with Crippen LogP contribution in [0, 0.1) is 0 Å². The Morgan fingerprint density at radius 1 is 0.932 bits per heavy atom. The highest BCUT2D eigenvalue weighted by molar-refractivity contribution is 6.13. The summed E-state index contributed by atoms with van der Waals surface area (Å²) in [6.45, 7) is 2.89. The van der Waals surface area contributed by atoms with E-state index in [2.05, 4.69) is 0 Å². The molecular weight excluding hydrogens is 576 g/mol. The number of hydrogen-bond donors (Lipinski definition) is 5. The van der Waals surface area contributed by atoms with Crippen molar-refractivity contribution < 1.29 is 53.4 Å². The molecule has 3 heterocycles. The number of allylic oxidation sites excluding steroid dienone is 3. The fourth-order valence-electron chi connectivity index (χ4n) is 5.18. The van der Waals surface area contributed by atoms with Crippen molar-refractivity contribution in [2.75, 3.05) is 20.3 Å². The minimum atomic E-state index is -1.55. The first-order valence-corrected chi connectivity index (χ1v) is 14.0. The van der Waals surface area contributed by atoms with Crippen molar-refractivity contribution in [1.29, 1.82) is 0 Å². The maximum Gasteiger partial charge on any atom is 0.348 e. The molecule has 2 aromatic carbocycles. The molecule has 12 heteroatoms. The average molecular weight is 611 g/mol. The van der Waals surface area contributed by atoms with Gasteiger partial charge in [0.2, 0.25) is 0 Å². The van der Waals surface area contributed by atoms with E-state index in [-0.39, 0.29) is 35.3 Å². The van der Waals surface area contributed by atoms with E-state index in [1.807, 2.05) is 0 Å². The fraction of sp³-hybridized carbons (Fsp3) is 0.375. The molecule has 44 heavy (non-hydrogen) atoms. The summed E-state index contributed by atoms with van der Waals surface area (Å²) in [5.41, 5.74) is 2.74. The van der Waals surface area contributed by atoms with Gasteiger partial charge in [-0.1, -0.05) is 17.7 Å². The monoisotopic (exact) mass is 610 g/mol. The molecular formula is C32H34O12. The second-order valence-electron chi connectivity index (χ2n) is 10.9. The maximum absolute atomic E-state index is 13.1. The minimum absolute atomic E-state index is 0.00848. The van der Waals surface area contributed by atoms with Crippen LogP contribution < -0.4 is 10.4 Å². The summed E-state index contributed by atoms with van der Waals surface area (Å²) < 4.78 is 28.2. The Bertz CT molecular complexity index is 1810. The molecule has 5 rings (SSSR count). The van der Waals surface area contributed by atoms with Gasteiger partial charge in [0.05, 0.1) is 25.7 Å². The van der Waals surface area contributed by atoms with E-state index in [4.69, 9.17) is 23.0 Å². The van der Waals surface area contributed by atoms with Gasteiger partial charge in [-0.2, -0.15) is 0 Å². The Kier molecular flexibility index (Phi) is 9.20. The van der Waals surface area contributed by atoms with Gasteiger partial charge in [0.15, 0.2) is 11.9 Å². The second kappa shape index (κ2) is 12.9. The van der Waals surface area contributed by atoms with Gasteiger partial charge in [-0.3, -0.25) is 4.79 Å². The molecule has 4 aromatic rings. The SMILES string of the molecule is COc1cc2oc3c4cc(C/C=C(/C)CO[C@@H]5O[C@H](CO)[C@@H](O)[C@H](O)[C@H]5O)c(O)cc4oc(=O)c3c2cc1C/C=C(/C)C=O. The molecule has 0 spiro atoms. The summed E-state index contributed by atoms with van der Waals surface area (Å²) in [6.07, 6.45) is -1.93. The van der Waals surface area contributed by atoms with Gasteiger partial charge in [0.25, 0.3) is 0 Å². The summed E-state index contributed by atoms with van der Waals surface area (Å²) in [7, 11) is 1.52. The molecule has 12 nitrogen and oxygen atoms in total. The lowest BCUT2D eigenvalue weighted by atomic mass is 9.99. The van der Waals surface area contributed by atoms with Crippen LogP contribution in [0.25, 0.3) is 32.9 Å². The summed E-state index contributed by atoms with van der Waals surface area (Å²) in [5.74, 6) is 0.432. The summed E-state index contributed by atoms with van der Waals surface area (Å²) in [4.78, 5) is 24.1. The smallest absolute Gasteiger partial charge is 0.348 e. The second-order valence-corrected chi connectivity index (χ2v) is 10.9. The molecule has 1 fully saturated rings. The van der Waals surface area contributed by atoms with Crippen LogP contribution in [-0.2, 0) is 27.1 Å². The van der Waals surface area contributed by atoms with E-state index < -0.39 is 42.9 Å². The molecule has 5 atom stereocenters. The number of rotatable bonds is 10. The Hall–Kier alpha value is -4.04. The predicted molar refractivity (Wildman–Crippen MR) is 159 cm³/mol. The van der Waals surface area contributed by atoms with Crippen molar-refractivity contribution in [1.82, 2.24) is 0 Å². The van der Waals surface area contributed by atoms with E-state index in [0.717, 1.165) is 11.8 Å². The first-order chi connectivity index (χ1) is 21.1. The molecule has 0 aliphatic carbocycles. The summed E-state index contributed by atoms with van der Waals surface area (Å²) in [6, 6.07) is 6.49. The number of hydrogen-bond acceptors (Lipinski definition) is 12. The average Bonchev–Trinajstić information content (AvgIpc) is 3.39. The van der Waals surface area contributed by atoms with Crippen molar-refractivity contribution in [3.05, 3.63) is 69.1 Å². The highest BCUT2D eigenvalue weighted by atomic mass is 16.7. The van der Waals surface area contributed by atoms with Crippen LogP contribution in [0.2, 0.25) is 0 Å². The number of furan rings is 1. The zero-order chi connectivity index (χ0) is 31.7. The molecule has 2 aromatic heterocycles. The third-order valence-corrected chi connectivity index (χ3v) is 7.75.